The van der Waals surface area contributed by atoms with Gasteiger partial charge in [0.15, 0.2) is 0 Å². The minimum absolute atomic E-state index is 0.102. The number of hydrogen-bond donors (Lipinski definition) is 2. The average Bonchev–Trinajstić information content (AvgIpc) is 2.54. The maximum absolute atomic E-state index is 11.7. The molecule has 2 aromatic carbocycles. The van der Waals surface area contributed by atoms with Gasteiger partial charge in [0.25, 0.3) is 0 Å². The van der Waals surface area contributed by atoms with E-state index in [0.29, 0.717) is 11.1 Å². The molecule has 0 aliphatic heterocycles. The summed E-state index contributed by atoms with van der Waals surface area (Å²) in [7, 11) is 0. The van der Waals surface area contributed by atoms with Crippen LogP contribution in [0.4, 0.5) is 0 Å². The van der Waals surface area contributed by atoms with Crippen molar-refractivity contribution in [2.24, 2.45) is 0 Å². The first-order chi connectivity index (χ1) is 11.1. The van der Waals surface area contributed by atoms with E-state index in [4.69, 9.17) is 0 Å². The van der Waals surface area contributed by atoms with Gasteiger partial charge in [-0.25, -0.2) is 0 Å². The summed E-state index contributed by atoms with van der Waals surface area (Å²) < 4.78 is 0. The summed E-state index contributed by atoms with van der Waals surface area (Å²) in [6, 6.07) is 14.9. The van der Waals surface area contributed by atoms with Crippen LogP contribution < -0.4 is 5.32 Å². The van der Waals surface area contributed by atoms with Gasteiger partial charge in [0, 0.05) is 24.1 Å². The molecule has 0 saturated heterocycles. The normalized spacial score (nSPS) is 12.1. The molecular weight excluding hydrogens is 288 g/mol. The molecule has 1 unspecified atom stereocenters. The number of benzene rings is 2. The Hall–Kier alpha value is -2.88. The van der Waals surface area contributed by atoms with Crippen molar-refractivity contribution in [2.75, 3.05) is 0 Å². The van der Waals surface area contributed by atoms with Crippen molar-refractivity contribution in [1.29, 1.82) is 0 Å². The molecule has 0 spiro atoms. The fourth-order valence-electron chi connectivity index (χ4n) is 2.82. The number of pyridine rings is 1. The van der Waals surface area contributed by atoms with Gasteiger partial charge in [-0.15, -0.1) is 0 Å². The van der Waals surface area contributed by atoms with Gasteiger partial charge in [0.1, 0.15) is 11.3 Å². The van der Waals surface area contributed by atoms with Gasteiger partial charge in [0.05, 0.1) is 6.04 Å². The highest BCUT2D eigenvalue weighted by molar-refractivity contribution is 5.86. The zero-order chi connectivity index (χ0) is 16.4. The summed E-state index contributed by atoms with van der Waals surface area (Å²) in [5.41, 5.74) is 3.18. The lowest BCUT2D eigenvalue weighted by Crippen LogP contribution is -2.27. The molecule has 23 heavy (non-hydrogen) atoms. The van der Waals surface area contributed by atoms with E-state index in [2.05, 4.69) is 10.3 Å². The number of nitrogens with one attached hydrogen (secondary N) is 1. The van der Waals surface area contributed by atoms with Gasteiger partial charge < -0.3 is 10.4 Å². The van der Waals surface area contributed by atoms with Crippen LogP contribution in [-0.2, 0) is 4.79 Å². The number of fused-ring (bicyclic) bond motifs is 1. The van der Waals surface area contributed by atoms with Crippen LogP contribution >= 0.6 is 0 Å². The summed E-state index contributed by atoms with van der Waals surface area (Å²) in [6.45, 7) is 3.46. The fourth-order valence-corrected chi connectivity index (χ4v) is 2.82. The molecule has 1 heterocycles. The van der Waals surface area contributed by atoms with Crippen LogP contribution in [-0.4, -0.2) is 16.0 Å². The highest BCUT2D eigenvalue weighted by atomic mass is 16.3. The van der Waals surface area contributed by atoms with Crippen LogP contribution in [0, 0.1) is 6.92 Å². The third-order valence-corrected chi connectivity index (χ3v) is 3.94. The second-order valence-electron chi connectivity index (χ2n) is 5.57. The number of aryl methyl sites for hydroxylation is 1. The molecule has 0 aliphatic carbocycles. The van der Waals surface area contributed by atoms with Gasteiger partial charge in [-0.05, 0) is 24.1 Å². The summed E-state index contributed by atoms with van der Waals surface area (Å²) in [5, 5.41) is 14.5. The van der Waals surface area contributed by atoms with Crippen molar-refractivity contribution < 1.29 is 9.90 Å². The molecule has 1 amide bonds. The number of nitrogens with zero attached hydrogens (tertiary/aromatic N) is 1. The first-order valence-electron chi connectivity index (χ1n) is 7.47. The Morgan fingerprint density at radius 1 is 1.09 bits per heavy atom. The van der Waals surface area contributed by atoms with Crippen molar-refractivity contribution in [2.45, 2.75) is 19.9 Å². The first kappa shape index (κ1) is 15.0. The molecule has 0 fully saturated rings. The molecule has 0 saturated carbocycles. The minimum Gasteiger partial charge on any atom is -0.505 e. The average molecular weight is 306 g/mol. The maximum atomic E-state index is 11.7. The topological polar surface area (TPSA) is 62.2 Å². The third kappa shape index (κ3) is 2.88. The number of amides is 1. The Kier molecular flexibility index (Phi) is 3.98. The smallest absolute Gasteiger partial charge is 0.217 e. The van der Waals surface area contributed by atoms with Crippen molar-refractivity contribution in [1.82, 2.24) is 10.3 Å². The predicted molar refractivity (Wildman–Crippen MR) is 90.2 cm³/mol. The van der Waals surface area contributed by atoms with Crippen molar-refractivity contribution in [3.63, 3.8) is 0 Å². The van der Waals surface area contributed by atoms with Gasteiger partial charge in [0.2, 0.25) is 5.91 Å². The zero-order valence-corrected chi connectivity index (χ0v) is 13.1. The van der Waals surface area contributed by atoms with Crippen LogP contribution in [0.15, 0.2) is 54.7 Å². The second-order valence-corrected chi connectivity index (χ2v) is 5.57. The molecule has 0 aliphatic rings. The molecule has 4 nitrogen and oxygen atoms in total. The molecule has 0 radical (unpaired) electrons. The number of rotatable bonds is 3. The van der Waals surface area contributed by atoms with E-state index in [1.165, 1.54) is 6.92 Å². The summed E-state index contributed by atoms with van der Waals surface area (Å²) in [6.07, 6.45) is 1.65. The lowest BCUT2D eigenvalue weighted by atomic mass is 9.93. The molecule has 4 heteroatoms. The molecule has 3 rings (SSSR count). The molecule has 116 valence electrons. The van der Waals surface area contributed by atoms with E-state index < -0.39 is 6.04 Å². The molecule has 0 bridgehead atoms. The lowest BCUT2D eigenvalue weighted by Gasteiger charge is -2.22. The van der Waals surface area contributed by atoms with E-state index in [1.807, 2.05) is 55.5 Å². The number of hydrogen-bond acceptors (Lipinski definition) is 3. The van der Waals surface area contributed by atoms with Gasteiger partial charge in [-0.3, -0.25) is 9.78 Å². The van der Waals surface area contributed by atoms with E-state index in [-0.39, 0.29) is 11.7 Å². The van der Waals surface area contributed by atoms with Gasteiger partial charge in [-0.2, -0.15) is 0 Å². The lowest BCUT2D eigenvalue weighted by molar-refractivity contribution is -0.119. The molecule has 1 aromatic heterocycles. The highest BCUT2D eigenvalue weighted by Crippen LogP contribution is 2.35. The predicted octanol–water partition coefficient (Wildman–Crippen LogP) is 3.47. The Bertz CT molecular complexity index is 874. The van der Waals surface area contributed by atoms with Crippen LogP contribution in [0.1, 0.15) is 29.7 Å². The number of carbonyl (C=O) groups excluding carboxylic acids is 1. The third-order valence-electron chi connectivity index (χ3n) is 3.94. The fraction of sp³-hybridized carbons (Fsp3) is 0.158. The summed E-state index contributed by atoms with van der Waals surface area (Å²) >= 11 is 0. The number of phenols is 1. The maximum Gasteiger partial charge on any atom is 0.217 e. The Morgan fingerprint density at radius 2 is 1.87 bits per heavy atom. The molecular formula is C19H18N2O2. The largest absolute Gasteiger partial charge is 0.505 e. The second kappa shape index (κ2) is 6.08. The van der Waals surface area contributed by atoms with Crippen molar-refractivity contribution in [3.05, 3.63) is 71.4 Å². The number of aromatic nitrogens is 1. The molecule has 3 aromatic rings. The number of aromatic hydroxyl groups is 1. The Balaban J connectivity index is 2.19. The van der Waals surface area contributed by atoms with Crippen LogP contribution in [0.5, 0.6) is 5.75 Å². The Morgan fingerprint density at radius 3 is 2.61 bits per heavy atom. The van der Waals surface area contributed by atoms with Gasteiger partial charge in [-0.1, -0.05) is 42.5 Å². The monoisotopic (exact) mass is 306 g/mol. The minimum atomic E-state index is -0.417. The zero-order valence-electron chi connectivity index (χ0n) is 13.1. The highest BCUT2D eigenvalue weighted by Gasteiger charge is 2.21. The number of carbonyl (C=O) groups is 1. The van der Waals surface area contributed by atoms with Crippen molar-refractivity contribution >= 4 is 16.8 Å². The van der Waals surface area contributed by atoms with E-state index in [1.54, 1.807) is 6.20 Å². The summed E-state index contributed by atoms with van der Waals surface area (Å²) in [5.74, 6) is -0.0520. The van der Waals surface area contributed by atoms with Crippen LogP contribution in [0.3, 0.4) is 0 Å². The van der Waals surface area contributed by atoms with E-state index in [0.717, 1.165) is 16.5 Å². The van der Waals surface area contributed by atoms with Crippen LogP contribution in [0.2, 0.25) is 0 Å². The van der Waals surface area contributed by atoms with E-state index in [9.17, 15) is 9.90 Å². The standard InChI is InChI=1S/C19H18N2O2/c1-12-6-3-4-8-15(12)18(21-13(2)22)16-10-9-14-7-5-11-20-17(14)19(16)23/h3-11,18,23H,1-2H3,(H,21,22). The first-order valence-corrected chi connectivity index (χ1v) is 7.47. The van der Waals surface area contributed by atoms with Crippen molar-refractivity contribution in [3.8, 4) is 5.75 Å². The molecule has 1 atom stereocenters. The van der Waals surface area contributed by atoms with Crippen LogP contribution in [0.25, 0.3) is 10.9 Å². The quantitative estimate of drug-likeness (QED) is 0.779. The Labute approximate surface area is 134 Å². The van der Waals surface area contributed by atoms with Gasteiger partial charge >= 0.3 is 0 Å². The van der Waals surface area contributed by atoms with E-state index >= 15 is 0 Å². The SMILES string of the molecule is CC(=O)NC(c1ccccc1C)c1ccc2cccnc2c1O. The molecule has 2 N–H and O–H groups in total. The number of phenolic OH excluding ortho intramolecular Hbond substituents is 1. The summed E-state index contributed by atoms with van der Waals surface area (Å²) in [4.78, 5) is 15.9.